The number of nitrogens with two attached hydrogens (primary N) is 1. The van der Waals surface area contributed by atoms with Crippen molar-refractivity contribution in [3.8, 4) is 11.5 Å². The van der Waals surface area contributed by atoms with Crippen LogP contribution in [0.15, 0.2) is 60.7 Å². The number of hydrogen-bond donors (Lipinski definition) is 2. The average Bonchev–Trinajstić information content (AvgIpc) is 2.91. The van der Waals surface area contributed by atoms with Crippen molar-refractivity contribution < 1.29 is 27.8 Å². The first-order valence-electron chi connectivity index (χ1n) is 12.4. The van der Waals surface area contributed by atoms with Crippen LogP contribution in [-0.2, 0) is 6.54 Å². The van der Waals surface area contributed by atoms with Crippen LogP contribution in [-0.4, -0.2) is 43.0 Å². The third kappa shape index (κ3) is 6.28. The fourth-order valence-corrected chi connectivity index (χ4v) is 4.83. The van der Waals surface area contributed by atoms with Crippen LogP contribution >= 0.6 is 0 Å². The SMILES string of the molecule is COc1ccc(C(=O)N(Cc2cccc(NC(=O)c3cc(F)cc(F)c3)c2)C2CCCCC2N)cc1OC. The zero-order valence-corrected chi connectivity index (χ0v) is 21.4. The maximum absolute atomic E-state index is 13.8. The molecule has 3 N–H and O–H groups in total. The van der Waals surface area contributed by atoms with Crippen LogP contribution in [0.5, 0.6) is 11.5 Å². The molecule has 0 saturated heterocycles. The number of amides is 2. The second-order valence-electron chi connectivity index (χ2n) is 9.33. The number of carbonyl (C=O) groups is 2. The van der Waals surface area contributed by atoms with Crippen LogP contribution in [0.4, 0.5) is 14.5 Å². The zero-order valence-electron chi connectivity index (χ0n) is 21.4. The van der Waals surface area contributed by atoms with Gasteiger partial charge in [0.05, 0.1) is 14.2 Å². The van der Waals surface area contributed by atoms with Gasteiger partial charge in [-0.2, -0.15) is 0 Å². The number of halogens is 2. The Bertz CT molecular complexity index is 1300. The molecule has 3 aromatic rings. The number of rotatable bonds is 8. The van der Waals surface area contributed by atoms with Crippen molar-refractivity contribution in [3.05, 3.63) is 89.0 Å². The van der Waals surface area contributed by atoms with Crippen LogP contribution in [0.1, 0.15) is 52.0 Å². The van der Waals surface area contributed by atoms with Gasteiger partial charge in [-0.1, -0.05) is 25.0 Å². The fraction of sp³-hybridized carbons (Fsp3) is 0.310. The summed E-state index contributed by atoms with van der Waals surface area (Å²) in [7, 11) is 3.04. The van der Waals surface area contributed by atoms with Gasteiger partial charge < -0.3 is 25.4 Å². The number of benzene rings is 3. The van der Waals surface area contributed by atoms with E-state index >= 15 is 0 Å². The number of ether oxygens (including phenoxy) is 2. The molecule has 2 unspecified atom stereocenters. The van der Waals surface area contributed by atoms with Gasteiger partial charge >= 0.3 is 0 Å². The monoisotopic (exact) mass is 523 g/mol. The molecule has 1 aliphatic rings. The zero-order chi connectivity index (χ0) is 27.2. The van der Waals surface area contributed by atoms with Crippen LogP contribution in [0.3, 0.4) is 0 Å². The Labute approximate surface area is 220 Å². The molecule has 4 rings (SSSR count). The van der Waals surface area contributed by atoms with E-state index in [9.17, 15) is 18.4 Å². The third-order valence-electron chi connectivity index (χ3n) is 6.74. The molecule has 1 saturated carbocycles. The highest BCUT2D eigenvalue weighted by Crippen LogP contribution is 2.30. The van der Waals surface area contributed by atoms with E-state index in [1.807, 2.05) is 6.07 Å². The Morgan fingerprint density at radius 2 is 1.63 bits per heavy atom. The summed E-state index contributed by atoms with van der Waals surface area (Å²) in [5.74, 6) is -1.54. The molecule has 3 aromatic carbocycles. The number of nitrogens with one attached hydrogen (secondary N) is 1. The molecule has 0 spiro atoms. The Morgan fingerprint density at radius 3 is 2.32 bits per heavy atom. The summed E-state index contributed by atoms with van der Waals surface area (Å²) in [5, 5.41) is 2.67. The third-order valence-corrected chi connectivity index (χ3v) is 6.74. The van der Waals surface area contributed by atoms with Crippen molar-refractivity contribution in [2.45, 2.75) is 44.3 Å². The minimum absolute atomic E-state index is 0.133. The van der Waals surface area contributed by atoms with Gasteiger partial charge in [0, 0.05) is 41.5 Å². The van der Waals surface area contributed by atoms with Gasteiger partial charge in [-0.05, 0) is 60.9 Å². The van der Waals surface area contributed by atoms with Gasteiger partial charge in [-0.25, -0.2) is 8.78 Å². The lowest BCUT2D eigenvalue weighted by Crippen LogP contribution is -2.51. The van der Waals surface area contributed by atoms with Crippen molar-refractivity contribution >= 4 is 17.5 Å². The highest BCUT2D eigenvalue weighted by atomic mass is 19.1. The second-order valence-corrected chi connectivity index (χ2v) is 9.33. The van der Waals surface area contributed by atoms with E-state index in [4.69, 9.17) is 15.2 Å². The number of nitrogens with zero attached hydrogens (tertiary/aromatic N) is 1. The standard InChI is InChI=1S/C29H31F2N3O4/c1-37-26-11-10-19(15-27(26)38-2)29(36)34(25-9-4-3-8-24(25)32)17-18-6-5-7-23(12-18)33-28(35)20-13-21(30)16-22(31)14-20/h5-7,10-16,24-25H,3-4,8-9,17,32H2,1-2H3,(H,33,35). The van der Waals surface area contributed by atoms with E-state index in [2.05, 4.69) is 5.32 Å². The van der Waals surface area contributed by atoms with E-state index < -0.39 is 17.5 Å². The first-order chi connectivity index (χ1) is 18.3. The largest absolute Gasteiger partial charge is 0.493 e. The van der Waals surface area contributed by atoms with Crippen LogP contribution in [0.2, 0.25) is 0 Å². The molecular formula is C29H31F2N3O4. The lowest BCUT2D eigenvalue weighted by Gasteiger charge is -2.38. The Balaban J connectivity index is 1.60. The quantitative estimate of drug-likeness (QED) is 0.426. The van der Waals surface area contributed by atoms with E-state index in [1.165, 1.54) is 14.2 Å². The molecule has 9 heteroatoms. The van der Waals surface area contributed by atoms with E-state index in [-0.39, 0.29) is 30.1 Å². The van der Waals surface area contributed by atoms with Crippen molar-refractivity contribution in [2.75, 3.05) is 19.5 Å². The topological polar surface area (TPSA) is 93.9 Å². The first kappa shape index (κ1) is 27.1. The Kier molecular flexibility index (Phi) is 8.58. The molecule has 0 aliphatic heterocycles. The highest BCUT2D eigenvalue weighted by molar-refractivity contribution is 6.04. The average molecular weight is 524 g/mol. The van der Waals surface area contributed by atoms with Crippen molar-refractivity contribution in [1.82, 2.24) is 4.90 Å². The maximum Gasteiger partial charge on any atom is 0.255 e. The minimum Gasteiger partial charge on any atom is -0.493 e. The number of methoxy groups -OCH3 is 2. The van der Waals surface area contributed by atoms with Gasteiger partial charge in [0.25, 0.3) is 11.8 Å². The highest BCUT2D eigenvalue weighted by Gasteiger charge is 2.32. The van der Waals surface area contributed by atoms with Gasteiger partial charge in [0.2, 0.25) is 0 Å². The smallest absolute Gasteiger partial charge is 0.255 e. The van der Waals surface area contributed by atoms with Crippen molar-refractivity contribution in [2.24, 2.45) is 5.73 Å². The van der Waals surface area contributed by atoms with Crippen LogP contribution in [0, 0.1) is 11.6 Å². The van der Waals surface area contributed by atoms with Crippen LogP contribution in [0.25, 0.3) is 0 Å². The Morgan fingerprint density at radius 1 is 0.921 bits per heavy atom. The summed E-state index contributed by atoms with van der Waals surface area (Å²) in [6.07, 6.45) is 3.58. The van der Waals surface area contributed by atoms with Gasteiger partial charge in [0.1, 0.15) is 11.6 Å². The molecule has 2 amide bonds. The second kappa shape index (κ2) is 12.0. The molecule has 0 aromatic heterocycles. The lowest BCUT2D eigenvalue weighted by molar-refractivity contribution is 0.0583. The molecule has 38 heavy (non-hydrogen) atoms. The molecule has 200 valence electrons. The molecule has 2 atom stereocenters. The maximum atomic E-state index is 13.8. The molecule has 0 heterocycles. The fourth-order valence-electron chi connectivity index (χ4n) is 4.83. The van der Waals surface area contributed by atoms with E-state index in [1.54, 1.807) is 41.3 Å². The lowest BCUT2D eigenvalue weighted by atomic mass is 9.89. The summed E-state index contributed by atoms with van der Waals surface area (Å²) in [6, 6.07) is 14.3. The molecule has 1 aliphatic carbocycles. The predicted molar refractivity (Wildman–Crippen MR) is 140 cm³/mol. The predicted octanol–water partition coefficient (Wildman–Crippen LogP) is 5.15. The summed E-state index contributed by atoms with van der Waals surface area (Å²) < 4.78 is 37.8. The summed E-state index contributed by atoms with van der Waals surface area (Å²) >= 11 is 0. The van der Waals surface area contributed by atoms with E-state index in [0.29, 0.717) is 28.8 Å². The molecule has 0 bridgehead atoms. The van der Waals surface area contributed by atoms with E-state index in [0.717, 1.165) is 43.4 Å². The van der Waals surface area contributed by atoms with Crippen LogP contribution < -0.4 is 20.5 Å². The summed E-state index contributed by atoms with van der Waals surface area (Å²) in [4.78, 5) is 28.2. The number of hydrogen-bond acceptors (Lipinski definition) is 5. The molecule has 7 nitrogen and oxygen atoms in total. The van der Waals surface area contributed by atoms with Crippen molar-refractivity contribution in [3.63, 3.8) is 0 Å². The van der Waals surface area contributed by atoms with Gasteiger partial charge in [0.15, 0.2) is 11.5 Å². The molecule has 0 radical (unpaired) electrons. The van der Waals surface area contributed by atoms with Gasteiger partial charge in [-0.3, -0.25) is 9.59 Å². The van der Waals surface area contributed by atoms with Gasteiger partial charge in [-0.15, -0.1) is 0 Å². The van der Waals surface area contributed by atoms with Crippen molar-refractivity contribution in [1.29, 1.82) is 0 Å². The number of anilines is 1. The Hall–Kier alpha value is -3.98. The summed E-state index contributed by atoms with van der Waals surface area (Å²) in [5.41, 5.74) is 7.99. The number of carbonyl (C=O) groups excluding carboxylic acids is 2. The summed E-state index contributed by atoms with van der Waals surface area (Å²) in [6.45, 7) is 0.254. The minimum atomic E-state index is -0.836. The molecule has 1 fully saturated rings. The molecular weight excluding hydrogens is 492 g/mol. The first-order valence-corrected chi connectivity index (χ1v) is 12.4. The normalized spacial score (nSPS) is 17.0.